The summed E-state index contributed by atoms with van der Waals surface area (Å²) in [4.78, 5) is 5.41. The highest BCUT2D eigenvalue weighted by atomic mass is 19.4. The lowest BCUT2D eigenvalue weighted by Crippen LogP contribution is -2.36. The van der Waals surface area contributed by atoms with Crippen molar-refractivity contribution in [2.45, 2.75) is 69.3 Å². The number of rotatable bonds is 8. The van der Waals surface area contributed by atoms with Gasteiger partial charge in [-0.3, -0.25) is 15.9 Å². The van der Waals surface area contributed by atoms with Crippen LogP contribution >= 0.6 is 0 Å². The Labute approximate surface area is 218 Å². The highest BCUT2D eigenvalue weighted by Gasteiger charge is 2.35. The fourth-order valence-corrected chi connectivity index (χ4v) is 5.55. The molecule has 0 amide bonds. The Hall–Kier alpha value is -3.31. The number of alkyl halides is 3. The lowest BCUT2D eigenvalue weighted by Gasteiger charge is -2.36. The van der Waals surface area contributed by atoms with Gasteiger partial charge in [0, 0.05) is 36.5 Å². The smallest absolute Gasteiger partial charge is 0.393 e. The largest absolute Gasteiger partial charge is 0.433 e. The third kappa shape index (κ3) is 5.17. The first-order valence-electron chi connectivity index (χ1n) is 12.9. The average molecular weight is 528 g/mol. The van der Waals surface area contributed by atoms with E-state index in [4.69, 9.17) is 10.8 Å². The number of amidine groups is 1. The van der Waals surface area contributed by atoms with Gasteiger partial charge in [0.1, 0.15) is 17.2 Å². The number of benzene rings is 1. The maximum absolute atomic E-state index is 13.8. The first-order chi connectivity index (χ1) is 18.2. The van der Waals surface area contributed by atoms with Crippen molar-refractivity contribution in [2.24, 2.45) is 5.92 Å². The molecule has 38 heavy (non-hydrogen) atoms. The molecule has 5 rings (SSSR count). The van der Waals surface area contributed by atoms with Crippen LogP contribution in [0.15, 0.2) is 30.3 Å². The Morgan fingerprint density at radius 2 is 2.05 bits per heavy atom. The van der Waals surface area contributed by atoms with E-state index in [1.165, 1.54) is 4.90 Å². The zero-order valence-electron chi connectivity index (χ0n) is 21.1. The maximum atomic E-state index is 13.8. The molecule has 2 aromatic heterocycles. The minimum Gasteiger partial charge on any atom is -0.393 e. The number of hydrogen-bond donors (Lipinski definition) is 5. The van der Waals surface area contributed by atoms with E-state index in [1.54, 1.807) is 7.05 Å². The van der Waals surface area contributed by atoms with Gasteiger partial charge in [0.25, 0.3) is 0 Å². The average Bonchev–Trinajstić information content (AvgIpc) is 3.49. The highest BCUT2D eigenvalue weighted by Crippen LogP contribution is 2.42. The summed E-state index contributed by atoms with van der Waals surface area (Å²) in [6.07, 6.45) is 1.17. The summed E-state index contributed by atoms with van der Waals surface area (Å²) in [5.41, 5.74) is 1.62. The lowest BCUT2D eigenvalue weighted by molar-refractivity contribution is -0.141. The number of aromatic amines is 1. The second-order valence-corrected chi connectivity index (χ2v) is 10.4. The Bertz CT molecular complexity index is 1330. The molecule has 2 saturated carbocycles. The second-order valence-electron chi connectivity index (χ2n) is 10.4. The minimum atomic E-state index is -4.62. The molecule has 0 saturated heterocycles. The van der Waals surface area contributed by atoms with Crippen molar-refractivity contribution in [1.29, 1.82) is 10.8 Å². The van der Waals surface area contributed by atoms with Crippen molar-refractivity contribution >= 4 is 23.1 Å². The van der Waals surface area contributed by atoms with Gasteiger partial charge in [-0.1, -0.05) is 24.6 Å². The highest BCUT2D eigenvalue weighted by molar-refractivity contribution is 5.96. The Kier molecular flexibility index (Phi) is 7.23. The van der Waals surface area contributed by atoms with E-state index in [0.29, 0.717) is 40.8 Å². The number of fused-ring (bicyclic) bond motifs is 1. The van der Waals surface area contributed by atoms with Crippen LogP contribution in [0.3, 0.4) is 0 Å². The van der Waals surface area contributed by atoms with Crippen molar-refractivity contribution in [1.82, 2.24) is 25.4 Å². The number of H-pyrrole nitrogens is 1. The number of hydrogen-bond acceptors (Lipinski definition) is 6. The van der Waals surface area contributed by atoms with Gasteiger partial charge in [-0.25, -0.2) is 4.98 Å². The molecule has 2 fully saturated rings. The summed E-state index contributed by atoms with van der Waals surface area (Å²) in [6.45, 7) is 0.121. The van der Waals surface area contributed by atoms with Crippen LogP contribution in [-0.2, 0) is 12.7 Å². The van der Waals surface area contributed by atoms with E-state index < -0.39 is 18.0 Å². The third-order valence-electron chi connectivity index (χ3n) is 7.89. The van der Waals surface area contributed by atoms with E-state index >= 15 is 0 Å². The SMILES string of the molecule is CN(C=N)C(=N)[C@@H](c1cccc(-c2n[nH]c3c(CN[C@@H]4CC[C@@H](O)C4)nc(C(F)(F)F)cc23)c1)C1CCC1. The van der Waals surface area contributed by atoms with Gasteiger partial charge in [0.05, 0.1) is 23.7 Å². The van der Waals surface area contributed by atoms with E-state index in [-0.39, 0.29) is 30.1 Å². The molecule has 11 heteroatoms. The molecular formula is C27H32F3N7O. The van der Waals surface area contributed by atoms with Gasteiger partial charge < -0.3 is 15.3 Å². The zero-order valence-corrected chi connectivity index (χ0v) is 21.1. The maximum Gasteiger partial charge on any atom is 0.433 e. The van der Waals surface area contributed by atoms with Gasteiger partial charge in [-0.15, -0.1) is 0 Å². The number of aromatic nitrogens is 3. The Morgan fingerprint density at radius 3 is 2.68 bits per heavy atom. The predicted octanol–water partition coefficient (Wildman–Crippen LogP) is 5.05. The van der Waals surface area contributed by atoms with Crippen molar-refractivity contribution in [3.63, 3.8) is 0 Å². The Morgan fingerprint density at radius 1 is 1.26 bits per heavy atom. The summed E-state index contributed by atoms with van der Waals surface area (Å²) in [6, 6.07) is 8.55. The van der Waals surface area contributed by atoms with Crippen LogP contribution < -0.4 is 5.32 Å². The van der Waals surface area contributed by atoms with Gasteiger partial charge in [0.15, 0.2) is 0 Å². The van der Waals surface area contributed by atoms with Crippen LogP contribution in [0, 0.1) is 16.7 Å². The predicted molar refractivity (Wildman–Crippen MR) is 139 cm³/mol. The summed E-state index contributed by atoms with van der Waals surface area (Å²) >= 11 is 0. The molecule has 5 N–H and O–H groups in total. The van der Waals surface area contributed by atoms with E-state index in [0.717, 1.165) is 43.7 Å². The molecule has 3 aromatic rings. The van der Waals surface area contributed by atoms with Gasteiger partial charge in [0.2, 0.25) is 0 Å². The molecular weight excluding hydrogens is 495 g/mol. The normalized spacial score (nSPS) is 20.9. The first kappa shape index (κ1) is 26.3. The number of pyridine rings is 1. The molecule has 1 aromatic carbocycles. The molecule has 2 heterocycles. The van der Waals surface area contributed by atoms with Crippen molar-refractivity contribution in [2.75, 3.05) is 7.05 Å². The van der Waals surface area contributed by atoms with Crippen molar-refractivity contribution in [3.8, 4) is 11.3 Å². The number of halogens is 3. The van der Waals surface area contributed by atoms with Crippen LogP contribution in [0.5, 0.6) is 0 Å². The van der Waals surface area contributed by atoms with Gasteiger partial charge >= 0.3 is 6.18 Å². The van der Waals surface area contributed by atoms with Crippen LogP contribution in [0.25, 0.3) is 22.2 Å². The fourth-order valence-electron chi connectivity index (χ4n) is 5.55. The first-order valence-corrected chi connectivity index (χ1v) is 12.9. The molecule has 0 bridgehead atoms. The van der Waals surface area contributed by atoms with Crippen LogP contribution in [0.1, 0.15) is 61.4 Å². The molecule has 8 nitrogen and oxygen atoms in total. The lowest BCUT2D eigenvalue weighted by atomic mass is 9.72. The van der Waals surface area contributed by atoms with Crippen molar-refractivity contribution < 1.29 is 18.3 Å². The number of likely N-dealkylation sites (N-methyl/N-ethyl adjacent to an activating group) is 1. The summed E-state index contributed by atoms with van der Waals surface area (Å²) in [5.74, 6) is 0.390. The number of nitrogens with one attached hydrogen (secondary N) is 4. The Balaban J connectivity index is 1.53. The molecule has 2 aliphatic rings. The number of nitrogens with zero attached hydrogens (tertiary/aromatic N) is 3. The van der Waals surface area contributed by atoms with E-state index in [9.17, 15) is 18.3 Å². The van der Waals surface area contributed by atoms with Crippen LogP contribution in [-0.4, -0.2) is 56.6 Å². The molecule has 0 aliphatic heterocycles. The molecule has 202 valence electrons. The fraction of sp³-hybridized carbons (Fsp3) is 0.481. The summed E-state index contributed by atoms with van der Waals surface area (Å²) < 4.78 is 41.5. The van der Waals surface area contributed by atoms with Gasteiger partial charge in [-0.05, 0) is 55.7 Å². The molecule has 0 unspecified atom stereocenters. The third-order valence-corrected chi connectivity index (χ3v) is 7.89. The standard InChI is InChI=1S/C27H32F3N7O/c1-37(14-31)26(32)23(15-4-2-5-15)16-6-3-7-17(10-16)24-20-12-22(27(28,29)30)34-21(25(20)36-35-24)13-33-18-8-9-19(38)11-18/h3,6-7,10,12,14-15,18-19,23,31-33,38H,2,4-5,8-9,11,13H2,1H3,(H,35,36)/t18-,19-,23-/m1/s1. The van der Waals surface area contributed by atoms with E-state index in [1.807, 2.05) is 24.3 Å². The molecule has 0 radical (unpaired) electrons. The summed E-state index contributed by atoms with van der Waals surface area (Å²) in [7, 11) is 1.68. The van der Waals surface area contributed by atoms with Crippen LogP contribution in [0.2, 0.25) is 0 Å². The minimum absolute atomic E-state index is 0.0216. The summed E-state index contributed by atoms with van der Waals surface area (Å²) in [5, 5.41) is 37.0. The molecule has 2 aliphatic carbocycles. The van der Waals surface area contributed by atoms with Gasteiger partial charge in [-0.2, -0.15) is 18.3 Å². The number of aliphatic hydroxyl groups excluding tert-OH is 1. The molecule has 0 spiro atoms. The molecule has 3 atom stereocenters. The van der Waals surface area contributed by atoms with Crippen LogP contribution in [0.4, 0.5) is 13.2 Å². The monoisotopic (exact) mass is 527 g/mol. The topological polar surface area (TPSA) is 125 Å². The second kappa shape index (κ2) is 10.5. The quantitative estimate of drug-likeness (QED) is 0.207. The van der Waals surface area contributed by atoms with Crippen molar-refractivity contribution in [3.05, 3.63) is 47.3 Å². The number of aliphatic hydroxyl groups is 1. The zero-order chi connectivity index (χ0) is 27.0. The van der Waals surface area contributed by atoms with E-state index in [2.05, 4.69) is 20.5 Å².